The Morgan fingerprint density at radius 1 is 1.08 bits per heavy atom. The van der Waals surface area contributed by atoms with Crippen molar-refractivity contribution in [1.82, 2.24) is 20.3 Å². The highest BCUT2D eigenvalue weighted by Gasteiger charge is 2.17. The number of carbonyl (C=O) groups is 1. The summed E-state index contributed by atoms with van der Waals surface area (Å²) in [6, 6.07) is 11.2. The van der Waals surface area contributed by atoms with E-state index in [1.165, 1.54) is 23.9 Å². The van der Waals surface area contributed by atoms with Gasteiger partial charge in [-0.25, -0.2) is 14.4 Å². The van der Waals surface area contributed by atoms with E-state index in [-0.39, 0.29) is 23.5 Å². The average molecular weight is 368 g/mol. The van der Waals surface area contributed by atoms with E-state index >= 15 is 0 Å². The first-order chi connectivity index (χ1) is 12.6. The van der Waals surface area contributed by atoms with Crippen LogP contribution >= 0.6 is 11.8 Å². The second-order valence-corrected chi connectivity index (χ2v) is 6.54. The molecule has 1 atom stereocenters. The van der Waals surface area contributed by atoms with Crippen molar-refractivity contribution in [2.45, 2.75) is 18.1 Å². The van der Waals surface area contributed by atoms with Crippen molar-refractivity contribution in [3.05, 3.63) is 83.7 Å². The lowest BCUT2D eigenvalue weighted by atomic mass is 9.99. The molecule has 0 aliphatic rings. The van der Waals surface area contributed by atoms with Crippen molar-refractivity contribution in [2.24, 2.45) is 0 Å². The van der Waals surface area contributed by atoms with Gasteiger partial charge in [0.15, 0.2) is 5.16 Å². The van der Waals surface area contributed by atoms with Crippen LogP contribution in [-0.4, -0.2) is 26.6 Å². The number of carbonyl (C=O) groups excluding carboxylic acids is 1. The van der Waals surface area contributed by atoms with Gasteiger partial charge in [-0.2, -0.15) is 0 Å². The topological polar surface area (TPSA) is 67.8 Å². The quantitative estimate of drug-likeness (QED) is 0.534. The molecule has 3 rings (SSSR count). The third kappa shape index (κ3) is 4.86. The monoisotopic (exact) mass is 368 g/mol. The number of aromatic nitrogens is 3. The van der Waals surface area contributed by atoms with Crippen molar-refractivity contribution in [2.75, 3.05) is 5.75 Å². The number of halogens is 1. The lowest BCUT2D eigenvalue weighted by molar-refractivity contribution is -0.119. The van der Waals surface area contributed by atoms with Gasteiger partial charge < -0.3 is 5.32 Å². The zero-order chi connectivity index (χ0) is 18.4. The van der Waals surface area contributed by atoms with E-state index in [0.29, 0.717) is 5.16 Å². The lowest BCUT2D eigenvalue weighted by Gasteiger charge is -2.19. The van der Waals surface area contributed by atoms with Crippen molar-refractivity contribution >= 4 is 17.7 Å². The number of rotatable bonds is 6. The van der Waals surface area contributed by atoms with E-state index in [9.17, 15) is 9.18 Å². The molecular formula is C19H17FN4OS. The molecule has 0 fully saturated rings. The van der Waals surface area contributed by atoms with Gasteiger partial charge in [0.2, 0.25) is 5.91 Å². The van der Waals surface area contributed by atoms with Gasteiger partial charge in [0, 0.05) is 24.3 Å². The second-order valence-electron chi connectivity index (χ2n) is 5.60. The van der Waals surface area contributed by atoms with Crippen LogP contribution in [0.4, 0.5) is 4.39 Å². The number of hydrogen-bond donors (Lipinski definition) is 1. The van der Waals surface area contributed by atoms with Crippen molar-refractivity contribution < 1.29 is 9.18 Å². The maximum Gasteiger partial charge on any atom is 0.231 e. The van der Waals surface area contributed by atoms with Crippen LogP contribution < -0.4 is 5.32 Å². The highest BCUT2D eigenvalue weighted by atomic mass is 32.2. The summed E-state index contributed by atoms with van der Waals surface area (Å²) in [6.45, 7) is 1.87. The number of aryl methyl sites for hydroxylation is 1. The van der Waals surface area contributed by atoms with E-state index in [4.69, 9.17) is 0 Å². The lowest BCUT2D eigenvalue weighted by Crippen LogP contribution is -2.30. The molecule has 0 saturated carbocycles. The first-order valence-electron chi connectivity index (χ1n) is 7.99. The Morgan fingerprint density at radius 3 is 2.46 bits per heavy atom. The molecule has 0 aliphatic heterocycles. The maximum absolute atomic E-state index is 13.2. The van der Waals surface area contributed by atoms with Crippen LogP contribution in [0, 0.1) is 12.7 Å². The van der Waals surface area contributed by atoms with Crippen LogP contribution in [0.3, 0.4) is 0 Å². The van der Waals surface area contributed by atoms with Gasteiger partial charge in [-0.3, -0.25) is 9.78 Å². The van der Waals surface area contributed by atoms with Gasteiger partial charge in [0.25, 0.3) is 0 Å². The zero-order valence-corrected chi connectivity index (χ0v) is 14.9. The second kappa shape index (κ2) is 8.53. The molecule has 1 unspecified atom stereocenters. The molecule has 132 valence electrons. The molecule has 1 aromatic carbocycles. The van der Waals surface area contributed by atoms with Gasteiger partial charge >= 0.3 is 0 Å². The minimum Gasteiger partial charge on any atom is -0.344 e. The van der Waals surface area contributed by atoms with Crippen LogP contribution in [0.1, 0.15) is 22.9 Å². The molecule has 2 heterocycles. The van der Waals surface area contributed by atoms with Crippen molar-refractivity contribution in [1.29, 1.82) is 0 Å². The standard InChI is InChI=1S/C19H17FN4OS/c1-13-6-11-22-19(23-13)26-12-17(25)24-18(15-7-9-21-10-8-15)14-2-4-16(20)5-3-14/h2-11,18H,12H2,1H3,(H,24,25). The predicted molar refractivity (Wildman–Crippen MR) is 98.1 cm³/mol. The SMILES string of the molecule is Cc1ccnc(SCC(=O)NC(c2ccncc2)c2ccc(F)cc2)n1. The fraction of sp³-hybridized carbons (Fsp3) is 0.158. The summed E-state index contributed by atoms with van der Waals surface area (Å²) in [5.74, 6) is -0.293. The Balaban J connectivity index is 1.73. The summed E-state index contributed by atoms with van der Waals surface area (Å²) >= 11 is 1.27. The molecule has 7 heteroatoms. The Morgan fingerprint density at radius 2 is 1.77 bits per heavy atom. The van der Waals surface area contributed by atoms with Gasteiger partial charge in [-0.15, -0.1) is 0 Å². The molecule has 5 nitrogen and oxygen atoms in total. The minimum atomic E-state index is -0.384. The number of thioether (sulfide) groups is 1. The Kier molecular flexibility index (Phi) is 5.91. The van der Waals surface area contributed by atoms with E-state index in [0.717, 1.165) is 16.8 Å². The highest BCUT2D eigenvalue weighted by Crippen LogP contribution is 2.22. The van der Waals surface area contributed by atoms with Gasteiger partial charge in [0.05, 0.1) is 11.8 Å². The summed E-state index contributed by atoms with van der Waals surface area (Å²) in [6.07, 6.45) is 4.99. The molecule has 26 heavy (non-hydrogen) atoms. The molecule has 1 N–H and O–H groups in total. The summed E-state index contributed by atoms with van der Waals surface area (Å²) in [7, 11) is 0. The number of benzene rings is 1. The smallest absolute Gasteiger partial charge is 0.231 e. The Labute approximate surface area is 155 Å². The normalized spacial score (nSPS) is 11.8. The number of pyridine rings is 1. The molecule has 0 aliphatic carbocycles. The zero-order valence-electron chi connectivity index (χ0n) is 14.1. The van der Waals surface area contributed by atoms with E-state index in [1.807, 2.05) is 19.1 Å². The summed E-state index contributed by atoms with van der Waals surface area (Å²) in [5, 5.41) is 3.55. The highest BCUT2D eigenvalue weighted by molar-refractivity contribution is 7.99. The average Bonchev–Trinajstić information content (AvgIpc) is 2.66. The first-order valence-corrected chi connectivity index (χ1v) is 8.97. The summed E-state index contributed by atoms with van der Waals surface area (Å²) in [5.41, 5.74) is 2.52. The van der Waals surface area contributed by atoms with Crippen LogP contribution in [0.2, 0.25) is 0 Å². The molecule has 3 aromatic rings. The summed E-state index contributed by atoms with van der Waals surface area (Å²) in [4.78, 5) is 24.9. The number of amides is 1. The molecule has 0 radical (unpaired) electrons. The third-order valence-corrected chi connectivity index (χ3v) is 4.51. The van der Waals surface area contributed by atoms with Crippen LogP contribution in [-0.2, 0) is 4.79 Å². The predicted octanol–water partition coefficient (Wildman–Crippen LogP) is 3.32. The third-order valence-electron chi connectivity index (χ3n) is 3.65. The largest absolute Gasteiger partial charge is 0.344 e. The van der Waals surface area contributed by atoms with Gasteiger partial charge in [-0.1, -0.05) is 23.9 Å². The van der Waals surface area contributed by atoms with E-state index in [1.54, 1.807) is 36.8 Å². The van der Waals surface area contributed by atoms with Gasteiger partial charge in [0.1, 0.15) is 5.82 Å². The van der Waals surface area contributed by atoms with E-state index < -0.39 is 0 Å². The molecule has 0 bridgehead atoms. The number of nitrogens with one attached hydrogen (secondary N) is 1. The van der Waals surface area contributed by atoms with Crippen LogP contribution in [0.25, 0.3) is 0 Å². The molecule has 0 spiro atoms. The molecule has 0 saturated heterocycles. The number of hydrogen-bond acceptors (Lipinski definition) is 5. The molecular weight excluding hydrogens is 351 g/mol. The molecule has 2 aromatic heterocycles. The van der Waals surface area contributed by atoms with E-state index in [2.05, 4.69) is 20.3 Å². The number of nitrogens with zero attached hydrogens (tertiary/aromatic N) is 3. The van der Waals surface area contributed by atoms with Crippen molar-refractivity contribution in [3.8, 4) is 0 Å². The van der Waals surface area contributed by atoms with Crippen LogP contribution in [0.15, 0.2) is 66.2 Å². The van der Waals surface area contributed by atoms with Gasteiger partial charge in [-0.05, 0) is 48.4 Å². The fourth-order valence-electron chi connectivity index (χ4n) is 2.40. The summed E-state index contributed by atoms with van der Waals surface area (Å²) < 4.78 is 13.2. The fourth-order valence-corrected chi connectivity index (χ4v) is 3.09. The minimum absolute atomic E-state index is 0.161. The van der Waals surface area contributed by atoms with Crippen LogP contribution in [0.5, 0.6) is 0 Å². The Bertz CT molecular complexity index is 874. The maximum atomic E-state index is 13.2. The Hall–Kier alpha value is -2.80. The molecule has 1 amide bonds. The van der Waals surface area contributed by atoms with Crippen molar-refractivity contribution in [3.63, 3.8) is 0 Å². The first kappa shape index (κ1) is 18.0.